The molecular weight excluding hydrogens is 198 g/mol. The molecule has 0 bridgehead atoms. The van der Waals surface area contributed by atoms with Crippen LogP contribution in [0.1, 0.15) is 32.3 Å². The summed E-state index contributed by atoms with van der Waals surface area (Å²) < 4.78 is 0. The van der Waals surface area contributed by atoms with E-state index in [-0.39, 0.29) is 0 Å². The van der Waals surface area contributed by atoms with Gasteiger partial charge >= 0.3 is 0 Å². The molecule has 0 aliphatic heterocycles. The number of pyridine rings is 1. The molecule has 16 heavy (non-hydrogen) atoms. The van der Waals surface area contributed by atoms with Crippen LogP contribution < -0.4 is 5.73 Å². The lowest BCUT2D eigenvalue weighted by atomic mass is 10.1. The zero-order valence-electron chi connectivity index (χ0n) is 10.4. The van der Waals surface area contributed by atoms with Crippen LogP contribution in [0.25, 0.3) is 0 Å². The van der Waals surface area contributed by atoms with Gasteiger partial charge in [-0.3, -0.25) is 9.88 Å². The predicted molar refractivity (Wildman–Crippen MR) is 68.1 cm³/mol. The predicted octanol–water partition coefficient (Wildman–Crippen LogP) is 2.03. The van der Waals surface area contributed by atoms with E-state index in [4.69, 9.17) is 5.73 Å². The van der Waals surface area contributed by atoms with Crippen LogP contribution in [0.4, 0.5) is 0 Å². The third kappa shape index (κ3) is 3.91. The van der Waals surface area contributed by atoms with Crippen LogP contribution in [-0.4, -0.2) is 29.0 Å². The second-order valence-electron chi connectivity index (χ2n) is 4.09. The molecule has 0 fully saturated rings. The Balaban J connectivity index is 2.63. The zero-order valence-corrected chi connectivity index (χ0v) is 10.4. The van der Waals surface area contributed by atoms with Crippen LogP contribution in [0.3, 0.4) is 0 Å². The third-order valence-corrected chi connectivity index (χ3v) is 2.98. The fraction of sp³-hybridized carbons (Fsp3) is 0.615. The van der Waals surface area contributed by atoms with Crippen molar-refractivity contribution in [3.63, 3.8) is 0 Å². The second kappa shape index (κ2) is 7.36. The molecule has 0 aliphatic carbocycles. The molecule has 0 amide bonds. The average molecular weight is 221 g/mol. The molecule has 0 unspecified atom stereocenters. The van der Waals surface area contributed by atoms with Gasteiger partial charge in [0.05, 0.1) is 0 Å². The lowest BCUT2D eigenvalue weighted by Crippen LogP contribution is -2.37. The first-order valence-electron chi connectivity index (χ1n) is 6.14. The number of aromatic nitrogens is 1. The van der Waals surface area contributed by atoms with Crippen molar-refractivity contribution < 1.29 is 0 Å². The Morgan fingerprint density at radius 3 is 2.62 bits per heavy atom. The Kier molecular flexibility index (Phi) is 6.04. The molecule has 0 radical (unpaired) electrons. The normalized spacial score (nSPS) is 11.3. The lowest BCUT2D eigenvalue weighted by Gasteiger charge is -2.29. The number of hydrogen-bond donors (Lipinski definition) is 1. The second-order valence-corrected chi connectivity index (χ2v) is 4.09. The highest BCUT2D eigenvalue weighted by atomic mass is 15.2. The highest BCUT2D eigenvalue weighted by molar-refractivity contribution is 5.08. The van der Waals surface area contributed by atoms with Crippen molar-refractivity contribution in [2.45, 2.75) is 39.3 Å². The summed E-state index contributed by atoms with van der Waals surface area (Å²) in [7, 11) is 0. The van der Waals surface area contributed by atoms with E-state index >= 15 is 0 Å². The molecule has 90 valence electrons. The molecule has 0 aliphatic rings. The summed E-state index contributed by atoms with van der Waals surface area (Å²) in [6, 6.07) is 4.74. The monoisotopic (exact) mass is 221 g/mol. The molecule has 1 heterocycles. The molecule has 1 aromatic heterocycles. The van der Waals surface area contributed by atoms with Gasteiger partial charge in [0.15, 0.2) is 0 Å². The maximum atomic E-state index is 5.67. The Bertz CT molecular complexity index is 270. The molecule has 0 saturated carbocycles. The summed E-state index contributed by atoms with van der Waals surface area (Å²) in [5, 5.41) is 0. The summed E-state index contributed by atoms with van der Waals surface area (Å²) in [5.74, 6) is 0. The van der Waals surface area contributed by atoms with E-state index in [0.717, 1.165) is 19.6 Å². The zero-order chi connectivity index (χ0) is 11.8. The van der Waals surface area contributed by atoms with Crippen molar-refractivity contribution in [3.05, 3.63) is 30.1 Å². The number of hydrogen-bond acceptors (Lipinski definition) is 3. The van der Waals surface area contributed by atoms with Gasteiger partial charge in [-0.1, -0.05) is 19.9 Å². The molecule has 0 aromatic carbocycles. The summed E-state index contributed by atoms with van der Waals surface area (Å²) in [6.07, 6.45) is 6.10. The Morgan fingerprint density at radius 2 is 2.12 bits per heavy atom. The fourth-order valence-electron chi connectivity index (χ4n) is 2.09. The van der Waals surface area contributed by atoms with Gasteiger partial charge in [-0.25, -0.2) is 0 Å². The number of rotatable bonds is 7. The summed E-state index contributed by atoms with van der Waals surface area (Å²) in [4.78, 5) is 6.61. The molecular formula is C13H23N3. The van der Waals surface area contributed by atoms with Crippen LogP contribution in [-0.2, 0) is 6.54 Å². The smallest absolute Gasteiger partial charge is 0.0312 e. The van der Waals surface area contributed by atoms with Crippen molar-refractivity contribution in [1.29, 1.82) is 0 Å². The first-order valence-corrected chi connectivity index (χ1v) is 6.14. The van der Waals surface area contributed by atoms with Gasteiger partial charge in [-0.05, 0) is 24.5 Å². The average Bonchev–Trinajstić information content (AvgIpc) is 2.32. The maximum absolute atomic E-state index is 5.67. The molecule has 1 rings (SSSR count). The van der Waals surface area contributed by atoms with Crippen LogP contribution in [0.5, 0.6) is 0 Å². The van der Waals surface area contributed by atoms with Gasteiger partial charge in [0.1, 0.15) is 0 Å². The first-order chi connectivity index (χ1) is 7.81. The highest BCUT2D eigenvalue weighted by Gasteiger charge is 2.14. The SMILES string of the molecule is CCC(CC)N(CCN)Cc1cccnc1. The van der Waals surface area contributed by atoms with Crippen LogP contribution in [0.15, 0.2) is 24.5 Å². The summed E-state index contributed by atoms with van der Waals surface area (Å²) in [6.45, 7) is 7.11. The first kappa shape index (κ1) is 13.1. The van der Waals surface area contributed by atoms with E-state index in [1.807, 2.05) is 18.5 Å². The standard InChI is InChI=1S/C13H23N3/c1-3-13(4-2)16(9-7-14)11-12-6-5-8-15-10-12/h5-6,8,10,13H,3-4,7,9,11,14H2,1-2H3. The lowest BCUT2D eigenvalue weighted by molar-refractivity contribution is 0.182. The van der Waals surface area contributed by atoms with Crippen molar-refractivity contribution in [3.8, 4) is 0 Å². The fourth-order valence-corrected chi connectivity index (χ4v) is 2.09. The quantitative estimate of drug-likeness (QED) is 0.766. The Morgan fingerprint density at radius 1 is 1.38 bits per heavy atom. The number of nitrogens with two attached hydrogens (primary N) is 1. The van der Waals surface area contributed by atoms with Gasteiger partial charge in [0, 0.05) is 38.1 Å². The van der Waals surface area contributed by atoms with E-state index in [9.17, 15) is 0 Å². The summed E-state index contributed by atoms with van der Waals surface area (Å²) in [5.41, 5.74) is 6.94. The van der Waals surface area contributed by atoms with Crippen LogP contribution >= 0.6 is 0 Å². The van der Waals surface area contributed by atoms with Gasteiger partial charge in [-0.15, -0.1) is 0 Å². The number of nitrogens with zero attached hydrogens (tertiary/aromatic N) is 2. The van der Waals surface area contributed by atoms with Crippen molar-refractivity contribution in [1.82, 2.24) is 9.88 Å². The molecule has 1 aromatic rings. The molecule has 3 heteroatoms. The van der Waals surface area contributed by atoms with Crippen molar-refractivity contribution in [2.24, 2.45) is 5.73 Å². The topological polar surface area (TPSA) is 42.1 Å². The minimum Gasteiger partial charge on any atom is -0.329 e. The maximum Gasteiger partial charge on any atom is 0.0312 e. The van der Waals surface area contributed by atoms with E-state index in [1.54, 1.807) is 0 Å². The molecule has 0 spiro atoms. The van der Waals surface area contributed by atoms with Gasteiger partial charge in [0.25, 0.3) is 0 Å². The largest absolute Gasteiger partial charge is 0.329 e. The molecule has 3 nitrogen and oxygen atoms in total. The summed E-state index contributed by atoms with van der Waals surface area (Å²) >= 11 is 0. The molecule has 0 atom stereocenters. The Hall–Kier alpha value is -0.930. The Labute approximate surface area is 98.7 Å². The molecule has 0 saturated heterocycles. The van der Waals surface area contributed by atoms with Gasteiger partial charge in [-0.2, -0.15) is 0 Å². The third-order valence-electron chi connectivity index (χ3n) is 2.98. The van der Waals surface area contributed by atoms with E-state index in [2.05, 4.69) is 29.8 Å². The van der Waals surface area contributed by atoms with Crippen molar-refractivity contribution in [2.75, 3.05) is 13.1 Å². The van der Waals surface area contributed by atoms with E-state index < -0.39 is 0 Å². The van der Waals surface area contributed by atoms with E-state index in [0.29, 0.717) is 6.04 Å². The van der Waals surface area contributed by atoms with E-state index in [1.165, 1.54) is 18.4 Å². The van der Waals surface area contributed by atoms with Gasteiger partial charge < -0.3 is 5.73 Å². The van der Waals surface area contributed by atoms with Crippen LogP contribution in [0, 0.1) is 0 Å². The minimum absolute atomic E-state index is 0.628. The molecule has 2 N–H and O–H groups in total. The van der Waals surface area contributed by atoms with Gasteiger partial charge in [0.2, 0.25) is 0 Å². The minimum atomic E-state index is 0.628. The van der Waals surface area contributed by atoms with Crippen LogP contribution in [0.2, 0.25) is 0 Å². The van der Waals surface area contributed by atoms with Crippen molar-refractivity contribution >= 4 is 0 Å². The highest BCUT2D eigenvalue weighted by Crippen LogP contribution is 2.12.